The first-order valence-electron chi connectivity index (χ1n) is 17.5. The average Bonchev–Trinajstić information content (AvgIpc) is 3.76. The molecule has 8 aromatic carbocycles. The van der Waals surface area contributed by atoms with E-state index >= 15 is 4.39 Å². The average molecular weight is 687 g/mol. The summed E-state index contributed by atoms with van der Waals surface area (Å²) < 4.78 is 20.3. The Morgan fingerprint density at radius 3 is 1.87 bits per heavy atom. The first-order chi connectivity index (χ1) is 25.7. The number of hydrogen-bond acceptors (Lipinski definition) is 2. The number of nitrogens with zero attached hydrogens (tertiary/aromatic N) is 2. The van der Waals surface area contributed by atoms with Gasteiger partial charge in [0.25, 0.3) is 0 Å². The van der Waals surface area contributed by atoms with Gasteiger partial charge in [0.05, 0.1) is 11.0 Å². The molecule has 10 rings (SSSR count). The summed E-state index contributed by atoms with van der Waals surface area (Å²) in [7, 11) is 0. The van der Waals surface area contributed by atoms with Gasteiger partial charge in [0.1, 0.15) is 5.82 Å². The molecule has 4 heteroatoms. The molecule has 0 fully saturated rings. The first-order valence-corrected chi connectivity index (χ1v) is 18.3. The van der Waals surface area contributed by atoms with E-state index < -0.39 is 0 Å². The summed E-state index contributed by atoms with van der Waals surface area (Å²) in [6.45, 7) is 0. The topological polar surface area (TPSA) is 8.17 Å². The van der Waals surface area contributed by atoms with Crippen LogP contribution in [-0.4, -0.2) is 4.57 Å². The van der Waals surface area contributed by atoms with Gasteiger partial charge in [0.15, 0.2) is 0 Å². The highest BCUT2D eigenvalue weighted by atomic mass is 32.1. The highest BCUT2D eigenvalue weighted by molar-refractivity contribution is 7.26. The van der Waals surface area contributed by atoms with Crippen LogP contribution >= 0.6 is 11.3 Å². The molecule has 0 unspecified atom stereocenters. The summed E-state index contributed by atoms with van der Waals surface area (Å²) >= 11 is 1.85. The third-order valence-corrected chi connectivity index (χ3v) is 11.3. The molecule has 52 heavy (non-hydrogen) atoms. The summed E-state index contributed by atoms with van der Waals surface area (Å²) in [6, 6.07) is 65.2. The molecular formula is C48H31FN2S. The lowest BCUT2D eigenvalue weighted by Crippen LogP contribution is -2.10. The SMILES string of the molecule is Fc1cccc2c3ccccc3n(-c3cccc(N(c4ccc(-c5ccccc5)cc4)c4ccc(-c5cccc6c5sc5ccccc56)cc4)c3)c12. The van der Waals surface area contributed by atoms with Gasteiger partial charge in [-0.15, -0.1) is 11.3 Å². The quantitative estimate of drug-likeness (QED) is 0.169. The zero-order chi connectivity index (χ0) is 34.6. The first kappa shape index (κ1) is 30.3. The predicted octanol–water partition coefficient (Wildman–Crippen LogP) is 14.1. The molecule has 0 aliphatic heterocycles. The van der Waals surface area contributed by atoms with Crippen LogP contribution in [0.5, 0.6) is 0 Å². The Kier molecular flexibility index (Phi) is 7.22. The molecule has 0 radical (unpaired) electrons. The van der Waals surface area contributed by atoms with E-state index in [1.807, 2.05) is 35.6 Å². The van der Waals surface area contributed by atoms with Crippen LogP contribution in [0.25, 0.3) is 69.9 Å². The Morgan fingerprint density at radius 2 is 1.06 bits per heavy atom. The minimum Gasteiger partial charge on any atom is -0.310 e. The molecule has 2 aromatic heterocycles. The van der Waals surface area contributed by atoms with Crippen LogP contribution in [-0.2, 0) is 0 Å². The van der Waals surface area contributed by atoms with Crippen LogP contribution < -0.4 is 4.90 Å². The molecule has 0 amide bonds. The van der Waals surface area contributed by atoms with E-state index in [1.165, 1.54) is 36.9 Å². The number of anilines is 3. The highest BCUT2D eigenvalue weighted by Crippen LogP contribution is 2.42. The van der Waals surface area contributed by atoms with Crippen LogP contribution in [0, 0.1) is 5.82 Å². The van der Waals surface area contributed by atoms with Crippen molar-refractivity contribution < 1.29 is 4.39 Å². The van der Waals surface area contributed by atoms with Crippen molar-refractivity contribution in [2.24, 2.45) is 0 Å². The number of benzene rings is 8. The Balaban J connectivity index is 1.12. The second-order valence-electron chi connectivity index (χ2n) is 13.1. The smallest absolute Gasteiger partial charge is 0.147 e. The molecule has 0 atom stereocenters. The lowest BCUT2D eigenvalue weighted by atomic mass is 10.0. The van der Waals surface area contributed by atoms with Crippen molar-refractivity contribution in [3.8, 4) is 27.9 Å². The number of hydrogen-bond donors (Lipinski definition) is 0. The molecule has 0 N–H and O–H groups in total. The van der Waals surface area contributed by atoms with E-state index in [4.69, 9.17) is 0 Å². The Hall–Kier alpha value is -6.49. The number of thiophene rings is 1. The fourth-order valence-corrected chi connectivity index (χ4v) is 8.90. The normalized spacial score (nSPS) is 11.6. The largest absolute Gasteiger partial charge is 0.310 e. The van der Waals surface area contributed by atoms with Gasteiger partial charge in [-0.1, -0.05) is 127 Å². The van der Waals surface area contributed by atoms with Gasteiger partial charge in [-0.3, -0.25) is 0 Å². The van der Waals surface area contributed by atoms with Crippen molar-refractivity contribution in [3.63, 3.8) is 0 Å². The number of para-hydroxylation sites is 2. The van der Waals surface area contributed by atoms with Crippen molar-refractivity contribution >= 4 is 70.4 Å². The standard InChI is InChI=1S/C48H31FN2S/c49-44-20-10-18-42-40-15-4-6-21-45(40)51(47(42)44)38-14-8-13-37(31-38)50(35-27-23-33(24-28-35)32-11-2-1-3-12-32)36-29-25-34(26-30-36)39-17-9-19-43-41-16-5-7-22-46(41)52-48(39)43/h1-31H. The maximum Gasteiger partial charge on any atom is 0.147 e. The molecule has 0 saturated carbocycles. The zero-order valence-corrected chi connectivity index (χ0v) is 28.9. The molecule has 0 aliphatic carbocycles. The summed E-state index contributed by atoms with van der Waals surface area (Å²) in [4.78, 5) is 2.28. The van der Waals surface area contributed by atoms with E-state index in [9.17, 15) is 0 Å². The van der Waals surface area contributed by atoms with Gasteiger partial charge in [0, 0.05) is 53.7 Å². The molecular weight excluding hydrogens is 656 g/mol. The minimum absolute atomic E-state index is 0.239. The van der Waals surface area contributed by atoms with Crippen molar-refractivity contribution in [2.75, 3.05) is 4.90 Å². The molecule has 0 bridgehead atoms. The van der Waals surface area contributed by atoms with Gasteiger partial charge in [0.2, 0.25) is 0 Å². The summed E-state index contributed by atoms with van der Waals surface area (Å²) in [6.07, 6.45) is 0. The zero-order valence-electron chi connectivity index (χ0n) is 28.1. The monoisotopic (exact) mass is 686 g/mol. The second-order valence-corrected chi connectivity index (χ2v) is 14.1. The Bertz CT molecular complexity index is 2900. The maximum absolute atomic E-state index is 15.6. The number of fused-ring (bicyclic) bond motifs is 6. The van der Waals surface area contributed by atoms with Crippen LogP contribution in [0.1, 0.15) is 0 Å². The molecule has 0 saturated heterocycles. The molecule has 2 heterocycles. The van der Waals surface area contributed by atoms with Gasteiger partial charge in [-0.05, 0) is 82.9 Å². The van der Waals surface area contributed by atoms with Gasteiger partial charge in [-0.25, -0.2) is 4.39 Å². The summed E-state index contributed by atoms with van der Waals surface area (Å²) in [5, 5.41) is 4.52. The van der Waals surface area contributed by atoms with E-state index in [2.05, 4.69) is 161 Å². The fourth-order valence-electron chi connectivity index (χ4n) is 7.66. The maximum atomic E-state index is 15.6. The Morgan fingerprint density at radius 1 is 0.442 bits per heavy atom. The van der Waals surface area contributed by atoms with Crippen LogP contribution in [0.2, 0.25) is 0 Å². The van der Waals surface area contributed by atoms with Gasteiger partial charge >= 0.3 is 0 Å². The molecule has 10 aromatic rings. The van der Waals surface area contributed by atoms with Crippen LogP contribution in [0.15, 0.2) is 188 Å². The fraction of sp³-hybridized carbons (Fsp3) is 0. The third kappa shape index (κ3) is 4.99. The van der Waals surface area contributed by atoms with Crippen LogP contribution in [0.3, 0.4) is 0 Å². The van der Waals surface area contributed by atoms with E-state index in [0.29, 0.717) is 5.52 Å². The number of rotatable bonds is 6. The predicted molar refractivity (Wildman–Crippen MR) is 219 cm³/mol. The number of aromatic nitrogens is 1. The molecule has 0 spiro atoms. The van der Waals surface area contributed by atoms with E-state index in [0.717, 1.165) is 44.6 Å². The minimum atomic E-state index is -0.239. The van der Waals surface area contributed by atoms with E-state index in [-0.39, 0.29) is 5.82 Å². The Labute approximate surface area is 304 Å². The highest BCUT2D eigenvalue weighted by Gasteiger charge is 2.19. The lowest BCUT2D eigenvalue weighted by molar-refractivity contribution is 0.635. The lowest BCUT2D eigenvalue weighted by Gasteiger charge is -2.26. The second kappa shape index (κ2) is 12.4. The van der Waals surface area contributed by atoms with Crippen LogP contribution in [0.4, 0.5) is 21.5 Å². The molecule has 246 valence electrons. The van der Waals surface area contributed by atoms with Gasteiger partial charge < -0.3 is 9.47 Å². The summed E-state index contributed by atoms with van der Waals surface area (Å²) in [5.41, 5.74) is 10.2. The number of halogens is 1. The van der Waals surface area contributed by atoms with Crippen molar-refractivity contribution in [3.05, 3.63) is 194 Å². The van der Waals surface area contributed by atoms with Crippen molar-refractivity contribution in [1.29, 1.82) is 0 Å². The molecule has 0 aliphatic rings. The molecule has 2 nitrogen and oxygen atoms in total. The summed E-state index contributed by atoms with van der Waals surface area (Å²) in [5.74, 6) is -0.239. The van der Waals surface area contributed by atoms with Crippen molar-refractivity contribution in [1.82, 2.24) is 4.57 Å². The third-order valence-electron chi connectivity index (χ3n) is 10.1. The van der Waals surface area contributed by atoms with Gasteiger partial charge in [-0.2, -0.15) is 0 Å². The van der Waals surface area contributed by atoms with E-state index in [1.54, 1.807) is 12.1 Å². The van der Waals surface area contributed by atoms with Crippen molar-refractivity contribution in [2.45, 2.75) is 0 Å².